The molecule has 0 aliphatic rings. The Morgan fingerprint density at radius 1 is 0.690 bits per heavy atom. The smallest absolute Gasteiger partial charge is 0.211 e. The highest BCUT2D eigenvalue weighted by molar-refractivity contribution is 8.09. The van der Waals surface area contributed by atoms with Crippen LogP contribution < -0.4 is 4.57 Å². The number of hydrogen-bond donors (Lipinski definition) is 0. The van der Waals surface area contributed by atoms with Gasteiger partial charge in [-0.25, -0.2) is 16.8 Å². The van der Waals surface area contributed by atoms with Crippen LogP contribution in [-0.4, -0.2) is 27.9 Å². The van der Waals surface area contributed by atoms with Gasteiger partial charge in [0, 0.05) is 18.6 Å². The molecule has 0 bridgehead atoms. The number of sulfone groups is 2. The van der Waals surface area contributed by atoms with Crippen LogP contribution in [0.4, 0.5) is 26.3 Å². The first-order chi connectivity index (χ1) is 13.2. The van der Waals surface area contributed by atoms with E-state index in [4.69, 9.17) is 0 Å². The third-order valence-corrected chi connectivity index (χ3v) is 9.45. The van der Waals surface area contributed by atoms with E-state index in [9.17, 15) is 43.2 Å². The van der Waals surface area contributed by atoms with Crippen LogP contribution in [0.1, 0.15) is 51.9 Å². The molecule has 1 aromatic rings. The molecule has 0 aromatic carbocycles. The zero-order valence-electron chi connectivity index (χ0n) is 15.5. The quantitative estimate of drug-likeness (QED) is 0.292. The van der Waals surface area contributed by atoms with E-state index in [0.29, 0.717) is 25.2 Å². The molecule has 0 unspecified atom stereocenters. The normalized spacial score (nSPS) is 14.2. The van der Waals surface area contributed by atoms with Crippen molar-refractivity contribution in [1.82, 2.24) is 0 Å². The second-order valence-electron chi connectivity index (χ2n) is 6.41. The molecule has 0 saturated heterocycles. The first-order valence-electron chi connectivity index (χ1n) is 8.75. The Morgan fingerprint density at radius 2 is 1.10 bits per heavy atom. The molecular formula is C16H22F6NO4S2+. The van der Waals surface area contributed by atoms with Crippen molar-refractivity contribution in [3.8, 4) is 0 Å². The Bertz CT molecular complexity index is 821. The summed E-state index contributed by atoms with van der Waals surface area (Å²) in [5, 5.41) is 0. The zero-order valence-corrected chi connectivity index (χ0v) is 17.1. The van der Waals surface area contributed by atoms with Crippen molar-refractivity contribution in [2.75, 3.05) is 0 Å². The van der Waals surface area contributed by atoms with Gasteiger partial charge in [0.1, 0.15) is 0 Å². The Balaban J connectivity index is 3.68. The molecule has 0 saturated carbocycles. The molecule has 0 radical (unpaired) electrons. The van der Waals surface area contributed by atoms with Crippen LogP contribution in [0.3, 0.4) is 0 Å². The summed E-state index contributed by atoms with van der Waals surface area (Å²) in [6.45, 7) is 1.89. The molecule has 1 rings (SSSR count). The minimum Gasteiger partial charge on any atom is -0.211 e. The lowest BCUT2D eigenvalue weighted by Gasteiger charge is -2.29. The van der Waals surface area contributed by atoms with Crippen LogP contribution in [0.2, 0.25) is 0 Å². The number of pyridine rings is 1. The van der Waals surface area contributed by atoms with Crippen molar-refractivity contribution in [3.63, 3.8) is 0 Å². The predicted molar refractivity (Wildman–Crippen MR) is 92.6 cm³/mol. The first-order valence-corrected chi connectivity index (χ1v) is 11.7. The highest BCUT2D eigenvalue weighted by Gasteiger charge is 2.78. The SMILES string of the molecule is CCCCCCCCC([n+]1ccccc1)(S(=O)(=O)C(F)(F)F)S(=O)(=O)C(F)(F)F. The van der Waals surface area contributed by atoms with E-state index in [-0.39, 0.29) is 11.0 Å². The fourth-order valence-corrected chi connectivity index (χ4v) is 7.01. The van der Waals surface area contributed by atoms with Gasteiger partial charge in [0.25, 0.3) is 0 Å². The van der Waals surface area contributed by atoms with E-state index < -0.39 is 47.7 Å². The number of hydrogen-bond acceptors (Lipinski definition) is 4. The number of unbranched alkanes of at least 4 members (excludes halogenated alkanes) is 5. The van der Waals surface area contributed by atoms with Gasteiger partial charge in [-0.1, -0.05) is 45.1 Å². The minimum absolute atomic E-state index is 0.0231. The maximum atomic E-state index is 13.4. The Hall–Kier alpha value is -1.37. The highest BCUT2D eigenvalue weighted by atomic mass is 32.3. The van der Waals surface area contributed by atoms with Gasteiger partial charge >= 0.3 is 34.9 Å². The van der Waals surface area contributed by atoms with E-state index in [1.54, 1.807) is 0 Å². The van der Waals surface area contributed by atoms with E-state index in [2.05, 4.69) is 0 Å². The highest BCUT2D eigenvalue weighted by Crippen LogP contribution is 2.46. The van der Waals surface area contributed by atoms with Crippen molar-refractivity contribution in [1.29, 1.82) is 0 Å². The van der Waals surface area contributed by atoms with Crippen molar-refractivity contribution in [2.45, 2.75) is 67.1 Å². The predicted octanol–water partition coefficient (Wildman–Crippen LogP) is 4.20. The molecule has 0 amide bonds. The Labute approximate surface area is 165 Å². The van der Waals surface area contributed by atoms with Gasteiger partial charge in [-0.15, -0.1) is 0 Å². The number of nitrogens with zero attached hydrogens (tertiary/aromatic N) is 1. The molecule has 0 N–H and O–H groups in total. The molecule has 1 heterocycles. The molecule has 168 valence electrons. The van der Waals surface area contributed by atoms with Gasteiger partial charge < -0.3 is 0 Å². The van der Waals surface area contributed by atoms with Crippen molar-refractivity contribution in [2.24, 2.45) is 0 Å². The van der Waals surface area contributed by atoms with Gasteiger partial charge in [-0.05, 0) is 6.42 Å². The zero-order chi connectivity index (χ0) is 22.6. The van der Waals surface area contributed by atoms with Crippen molar-refractivity contribution in [3.05, 3.63) is 30.6 Å². The van der Waals surface area contributed by atoms with E-state index in [1.807, 2.05) is 6.92 Å². The van der Waals surface area contributed by atoms with Crippen molar-refractivity contribution >= 4 is 19.7 Å². The number of alkyl halides is 6. The molecular weight excluding hydrogens is 448 g/mol. The monoisotopic (exact) mass is 470 g/mol. The van der Waals surface area contributed by atoms with Gasteiger partial charge in [-0.2, -0.15) is 30.9 Å². The average molecular weight is 470 g/mol. The summed E-state index contributed by atoms with van der Waals surface area (Å²) >= 11 is 0. The molecule has 0 spiro atoms. The summed E-state index contributed by atoms with van der Waals surface area (Å²) in [7, 11) is -13.7. The molecule has 0 aliphatic heterocycles. The van der Waals surface area contributed by atoms with Crippen LogP contribution in [-0.2, 0) is 23.9 Å². The summed E-state index contributed by atoms with van der Waals surface area (Å²) in [5.74, 6) is 0. The maximum absolute atomic E-state index is 13.4. The second kappa shape index (κ2) is 9.19. The summed E-state index contributed by atoms with van der Waals surface area (Å²) in [6, 6.07) is 3.11. The molecule has 29 heavy (non-hydrogen) atoms. The lowest BCUT2D eigenvalue weighted by molar-refractivity contribution is -0.719. The molecule has 0 aliphatic carbocycles. The maximum Gasteiger partial charge on any atom is 0.505 e. The van der Waals surface area contributed by atoms with Crippen LogP contribution in [0, 0.1) is 0 Å². The number of aromatic nitrogens is 1. The van der Waals surface area contributed by atoms with Crippen molar-refractivity contribution < 1.29 is 47.7 Å². The fraction of sp³-hybridized carbons (Fsp3) is 0.688. The van der Waals surface area contributed by atoms with Gasteiger partial charge in [-0.3, -0.25) is 0 Å². The third kappa shape index (κ3) is 4.86. The van der Waals surface area contributed by atoms with E-state index >= 15 is 0 Å². The summed E-state index contributed by atoms with van der Waals surface area (Å²) < 4.78 is 125. The molecule has 1 aromatic heterocycles. The topological polar surface area (TPSA) is 72.2 Å². The Kier molecular flexibility index (Phi) is 8.13. The Morgan fingerprint density at radius 3 is 1.52 bits per heavy atom. The summed E-state index contributed by atoms with van der Waals surface area (Å²) in [6.07, 6.45) is 2.04. The van der Waals surface area contributed by atoms with Crippen LogP contribution in [0.5, 0.6) is 0 Å². The van der Waals surface area contributed by atoms with Gasteiger partial charge in [0.15, 0.2) is 12.4 Å². The molecule has 5 nitrogen and oxygen atoms in total. The van der Waals surface area contributed by atoms with Crippen LogP contribution in [0.25, 0.3) is 0 Å². The molecule has 0 fully saturated rings. The minimum atomic E-state index is -6.84. The van der Waals surface area contributed by atoms with Crippen LogP contribution in [0.15, 0.2) is 30.6 Å². The number of rotatable bonds is 10. The first kappa shape index (κ1) is 25.7. The average Bonchev–Trinajstić information content (AvgIpc) is 2.59. The number of halogens is 6. The van der Waals surface area contributed by atoms with E-state index in [1.165, 1.54) is 6.07 Å². The van der Waals surface area contributed by atoms with E-state index in [0.717, 1.165) is 25.0 Å². The van der Waals surface area contributed by atoms with Gasteiger partial charge in [0.2, 0.25) is 0 Å². The molecule has 0 atom stereocenters. The second-order valence-corrected chi connectivity index (χ2v) is 11.0. The van der Waals surface area contributed by atoms with Gasteiger partial charge in [0.05, 0.1) is 0 Å². The summed E-state index contributed by atoms with van der Waals surface area (Å²) in [5.41, 5.74) is -12.5. The standard InChI is InChI=1S/C16H22F6NO4S2/c1-2-3-4-5-6-8-11-14(23-12-9-7-10-13-23,28(24,25)15(17,18)19)29(26,27)16(20,21)22/h7,9-10,12-13H,2-6,8,11H2,1H3/q+1. The largest absolute Gasteiger partial charge is 0.505 e. The lowest BCUT2D eigenvalue weighted by atomic mass is 10.1. The van der Waals surface area contributed by atoms with Crippen LogP contribution >= 0.6 is 0 Å². The fourth-order valence-electron chi connectivity index (χ4n) is 2.94. The molecule has 13 heteroatoms. The summed E-state index contributed by atoms with van der Waals surface area (Å²) in [4.78, 5) is 0. The third-order valence-electron chi connectivity index (χ3n) is 4.40. The lowest BCUT2D eigenvalue weighted by Crippen LogP contribution is -2.69.